The number of rotatable bonds is 5. The van der Waals surface area contributed by atoms with Gasteiger partial charge >= 0.3 is 0 Å². The molecule has 0 bridgehead atoms. The summed E-state index contributed by atoms with van der Waals surface area (Å²) in [4.78, 5) is -0.0452. The molecular formula is C13H16FN3O3S. The van der Waals surface area contributed by atoms with E-state index < -0.39 is 22.4 Å². The number of halogens is 1. The van der Waals surface area contributed by atoms with Crippen molar-refractivity contribution in [3.05, 3.63) is 41.5 Å². The van der Waals surface area contributed by atoms with E-state index in [1.165, 1.54) is 24.3 Å². The van der Waals surface area contributed by atoms with Gasteiger partial charge in [-0.25, -0.2) is 12.8 Å². The summed E-state index contributed by atoms with van der Waals surface area (Å²) < 4.78 is 39.7. The van der Waals surface area contributed by atoms with Crippen molar-refractivity contribution in [2.45, 2.75) is 25.3 Å². The Labute approximate surface area is 122 Å². The van der Waals surface area contributed by atoms with Crippen molar-refractivity contribution in [3.8, 4) is 0 Å². The molecule has 0 amide bonds. The number of aliphatic hydroxyl groups is 1. The molecule has 1 heterocycles. The lowest BCUT2D eigenvalue weighted by molar-refractivity contribution is 0.273. The van der Waals surface area contributed by atoms with E-state index in [2.05, 4.69) is 10.2 Å². The quantitative estimate of drug-likeness (QED) is 0.877. The molecule has 6 nitrogen and oxygen atoms in total. The molecule has 0 fully saturated rings. The Hall–Kier alpha value is -1.93. The van der Waals surface area contributed by atoms with Crippen LogP contribution >= 0.6 is 0 Å². The van der Waals surface area contributed by atoms with Crippen molar-refractivity contribution in [1.29, 1.82) is 0 Å². The van der Waals surface area contributed by atoms with E-state index in [1.807, 2.05) is 0 Å². The van der Waals surface area contributed by atoms with Crippen LogP contribution in [0.15, 0.2) is 29.2 Å². The Balaban J connectivity index is 2.54. The number of aryl methyl sites for hydroxylation is 1. The lowest BCUT2D eigenvalue weighted by Crippen LogP contribution is -2.31. The SMILES string of the molecule is CCN(c1ccc(F)cc1)S(=O)(=O)c1c(CO)n[nH]c1C. The number of nitrogens with zero attached hydrogens (tertiary/aromatic N) is 2. The van der Waals surface area contributed by atoms with Crippen LogP contribution < -0.4 is 4.31 Å². The second-order valence-corrected chi connectivity index (χ2v) is 6.23. The second kappa shape index (κ2) is 5.82. The number of sulfonamides is 1. The highest BCUT2D eigenvalue weighted by Crippen LogP contribution is 2.27. The van der Waals surface area contributed by atoms with E-state index in [0.717, 1.165) is 4.31 Å². The van der Waals surface area contributed by atoms with Gasteiger partial charge < -0.3 is 5.11 Å². The van der Waals surface area contributed by atoms with Crippen LogP contribution in [-0.2, 0) is 16.6 Å². The summed E-state index contributed by atoms with van der Waals surface area (Å²) in [6, 6.07) is 5.18. The maximum atomic E-state index is 13.0. The van der Waals surface area contributed by atoms with Crippen LogP contribution in [0.1, 0.15) is 18.3 Å². The maximum Gasteiger partial charge on any atom is 0.268 e. The van der Waals surface area contributed by atoms with E-state index >= 15 is 0 Å². The fraction of sp³-hybridized carbons (Fsp3) is 0.308. The Morgan fingerprint density at radius 1 is 1.33 bits per heavy atom. The highest BCUT2D eigenvalue weighted by Gasteiger charge is 2.30. The molecule has 2 rings (SSSR count). The molecular weight excluding hydrogens is 297 g/mol. The largest absolute Gasteiger partial charge is 0.390 e. The van der Waals surface area contributed by atoms with Crippen LogP contribution in [-0.4, -0.2) is 30.3 Å². The topological polar surface area (TPSA) is 86.3 Å². The van der Waals surface area contributed by atoms with Gasteiger partial charge in [0.2, 0.25) is 0 Å². The smallest absolute Gasteiger partial charge is 0.268 e. The summed E-state index contributed by atoms with van der Waals surface area (Å²) in [7, 11) is -3.89. The zero-order valence-corrected chi connectivity index (χ0v) is 12.5. The number of nitrogens with one attached hydrogen (secondary N) is 1. The van der Waals surface area contributed by atoms with Gasteiger partial charge in [0, 0.05) is 6.54 Å². The van der Waals surface area contributed by atoms with Crippen molar-refractivity contribution in [1.82, 2.24) is 10.2 Å². The normalized spacial score (nSPS) is 11.6. The molecule has 0 radical (unpaired) electrons. The van der Waals surface area contributed by atoms with Crippen LogP contribution in [0.2, 0.25) is 0 Å². The molecule has 0 unspecified atom stereocenters. The molecule has 0 saturated heterocycles. The average molecular weight is 313 g/mol. The van der Waals surface area contributed by atoms with Crippen molar-refractivity contribution >= 4 is 15.7 Å². The minimum atomic E-state index is -3.89. The van der Waals surface area contributed by atoms with Crippen molar-refractivity contribution in [2.75, 3.05) is 10.8 Å². The van der Waals surface area contributed by atoms with Gasteiger partial charge in [-0.15, -0.1) is 0 Å². The van der Waals surface area contributed by atoms with Gasteiger partial charge in [0.05, 0.1) is 18.0 Å². The molecule has 1 aromatic carbocycles. The molecule has 114 valence electrons. The highest BCUT2D eigenvalue weighted by atomic mass is 32.2. The zero-order chi connectivity index (χ0) is 15.6. The minimum Gasteiger partial charge on any atom is -0.390 e. The number of aromatic nitrogens is 2. The van der Waals surface area contributed by atoms with Crippen molar-refractivity contribution < 1.29 is 17.9 Å². The Bertz CT molecular complexity index is 726. The maximum absolute atomic E-state index is 13.0. The third-order valence-corrected chi connectivity index (χ3v) is 5.17. The van der Waals surface area contributed by atoms with Gasteiger partial charge in [-0.1, -0.05) is 0 Å². The molecule has 8 heteroatoms. The number of hydrogen-bond acceptors (Lipinski definition) is 4. The van der Waals surface area contributed by atoms with Gasteiger partial charge in [0.15, 0.2) is 0 Å². The summed E-state index contributed by atoms with van der Waals surface area (Å²) in [5.74, 6) is -0.442. The monoisotopic (exact) mass is 313 g/mol. The van der Waals surface area contributed by atoms with E-state index in [-0.39, 0.29) is 17.1 Å². The molecule has 21 heavy (non-hydrogen) atoms. The predicted molar refractivity (Wildman–Crippen MR) is 75.9 cm³/mol. The van der Waals surface area contributed by atoms with E-state index in [4.69, 9.17) is 0 Å². The summed E-state index contributed by atoms with van der Waals surface area (Å²) in [5, 5.41) is 15.6. The third-order valence-electron chi connectivity index (χ3n) is 3.06. The van der Waals surface area contributed by atoms with Gasteiger partial charge in [-0.2, -0.15) is 5.10 Å². The van der Waals surface area contributed by atoms with Gasteiger partial charge in [-0.05, 0) is 38.1 Å². The molecule has 0 spiro atoms. The number of hydrogen-bond donors (Lipinski definition) is 2. The predicted octanol–water partition coefficient (Wildman–Crippen LogP) is 1.56. The fourth-order valence-corrected chi connectivity index (χ4v) is 3.93. The van der Waals surface area contributed by atoms with E-state index in [9.17, 15) is 17.9 Å². The number of benzene rings is 1. The van der Waals surface area contributed by atoms with Gasteiger partial charge in [0.25, 0.3) is 10.0 Å². The molecule has 0 saturated carbocycles. The Kier molecular flexibility index (Phi) is 4.29. The molecule has 2 N–H and O–H groups in total. The third kappa shape index (κ3) is 2.77. The first-order valence-corrected chi connectivity index (χ1v) is 7.78. The molecule has 0 atom stereocenters. The first-order valence-electron chi connectivity index (χ1n) is 6.34. The van der Waals surface area contributed by atoms with Crippen LogP contribution in [0.3, 0.4) is 0 Å². The summed E-state index contributed by atoms with van der Waals surface area (Å²) in [6.45, 7) is 2.93. The highest BCUT2D eigenvalue weighted by molar-refractivity contribution is 7.93. The molecule has 1 aromatic heterocycles. The van der Waals surface area contributed by atoms with Crippen LogP contribution in [0.5, 0.6) is 0 Å². The summed E-state index contributed by atoms with van der Waals surface area (Å²) in [6.07, 6.45) is 0. The van der Waals surface area contributed by atoms with Crippen LogP contribution in [0.4, 0.5) is 10.1 Å². The van der Waals surface area contributed by atoms with Crippen molar-refractivity contribution in [3.63, 3.8) is 0 Å². The molecule has 0 aliphatic rings. The molecule has 0 aliphatic carbocycles. The minimum absolute atomic E-state index is 0.0452. The Morgan fingerprint density at radius 2 is 1.95 bits per heavy atom. The number of aliphatic hydroxyl groups excluding tert-OH is 1. The molecule has 2 aromatic rings. The number of H-pyrrole nitrogens is 1. The summed E-state index contributed by atoms with van der Waals surface area (Å²) >= 11 is 0. The van der Waals surface area contributed by atoms with Crippen LogP contribution in [0.25, 0.3) is 0 Å². The Morgan fingerprint density at radius 3 is 2.48 bits per heavy atom. The van der Waals surface area contributed by atoms with Gasteiger partial charge in [-0.3, -0.25) is 9.40 Å². The first kappa shape index (κ1) is 15.5. The van der Waals surface area contributed by atoms with Crippen molar-refractivity contribution in [2.24, 2.45) is 0 Å². The van der Waals surface area contributed by atoms with Gasteiger partial charge in [0.1, 0.15) is 16.4 Å². The summed E-state index contributed by atoms with van der Waals surface area (Å²) in [5.41, 5.74) is 0.760. The second-order valence-electron chi connectivity index (χ2n) is 4.43. The first-order chi connectivity index (χ1) is 9.91. The number of anilines is 1. The van der Waals surface area contributed by atoms with E-state index in [1.54, 1.807) is 13.8 Å². The zero-order valence-electron chi connectivity index (χ0n) is 11.7. The molecule has 0 aliphatic heterocycles. The number of aromatic amines is 1. The average Bonchev–Trinajstić information content (AvgIpc) is 2.83. The van der Waals surface area contributed by atoms with Crippen LogP contribution in [0, 0.1) is 12.7 Å². The lowest BCUT2D eigenvalue weighted by atomic mass is 10.3. The standard InChI is InChI=1S/C13H16FN3O3S/c1-3-17(11-6-4-10(14)5-7-11)21(19,20)13-9(2)15-16-12(13)8-18/h4-7,18H,3,8H2,1-2H3,(H,15,16). The fourth-order valence-electron chi connectivity index (χ4n) is 2.13. The lowest BCUT2D eigenvalue weighted by Gasteiger charge is -2.23. The van der Waals surface area contributed by atoms with E-state index in [0.29, 0.717) is 11.4 Å².